The van der Waals surface area contributed by atoms with E-state index in [1.54, 1.807) is 12.2 Å². The van der Waals surface area contributed by atoms with Gasteiger partial charge in [-0.1, -0.05) is 50.8 Å². The number of unbranched alkanes of at least 4 members (excludes halogenated alkanes) is 5. The monoisotopic (exact) mass is 368 g/mol. The summed E-state index contributed by atoms with van der Waals surface area (Å²) in [6.07, 6.45) is 12.6. The van der Waals surface area contributed by atoms with E-state index < -0.39 is 30.1 Å². The molecule has 0 heterocycles. The Kier molecular flexibility index (Phi) is 13.9. The van der Waals surface area contributed by atoms with Crippen LogP contribution in [-0.2, 0) is 28.6 Å². The summed E-state index contributed by atoms with van der Waals surface area (Å²) < 4.78 is 15.2. The molecule has 0 aliphatic rings. The molecular weight excluding hydrogens is 336 g/mol. The van der Waals surface area contributed by atoms with Gasteiger partial charge in [0.25, 0.3) is 0 Å². The van der Waals surface area contributed by atoms with Crippen molar-refractivity contribution in [3.63, 3.8) is 0 Å². The summed E-state index contributed by atoms with van der Waals surface area (Å²) in [6.45, 7) is 5.77. The van der Waals surface area contributed by atoms with Crippen molar-refractivity contribution >= 4 is 17.9 Å². The van der Waals surface area contributed by atoms with Crippen molar-refractivity contribution in [2.24, 2.45) is 0 Å². The standard InChI is InChI=1S/C20H32O6/c1-5-6-7-8-9-10-11-12-13-14-19(25-17(3)22)20(26-18(4)23)15-24-16(2)21/h11-14,19-20H,5-10,15H2,1-4H3/b12-11-,14-13+/t19-,20-/m1/s1. The highest BCUT2D eigenvalue weighted by Crippen LogP contribution is 2.10. The van der Waals surface area contributed by atoms with Crippen molar-refractivity contribution in [3.8, 4) is 0 Å². The number of hydrogen-bond donors (Lipinski definition) is 0. The van der Waals surface area contributed by atoms with E-state index in [1.807, 2.05) is 12.2 Å². The number of rotatable bonds is 13. The number of carbonyl (C=O) groups is 3. The van der Waals surface area contributed by atoms with E-state index in [9.17, 15) is 14.4 Å². The Balaban J connectivity index is 4.67. The predicted octanol–water partition coefficient (Wildman–Crippen LogP) is 3.89. The van der Waals surface area contributed by atoms with Crippen LogP contribution in [0.25, 0.3) is 0 Å². The van der Waals surface area contributed by atoms with E-state index in [0.29, 0.717) is 0 Å². The van der Waals surface area contributed by atoms with Crippen LogP contribution in [0.3, 0.4) is 0 Å². The maximum absolute atomic E-state index is 11.3. The third kappa shape index (κ3) is 14.3. The molecule has 0 aromatic rings. The molecule has 2 atom stereocenters. The van der Waals surface area contributed by atoms with Gasteiger partial charge in [-0.15, -0.1) is 0 Å². The van der Waals surface area contributed by atoms with Crippen molar-refractivity contribution in [2.75, 3.05) is 6.61 Å². The van der Waals surface area contributed by atoms with Crippen LogP contribution in [0.15, 0.2) is 24.3 Å². The van der Waals surface area contributed by atoms with Crippen LogP contribution in [0.5, 0.6) is 0 Å². The molecule has 6 heteroatoms. The fourth-order valence-electron chi connectivity index (χ4n) is 2.25. The quantitative estimate of drug-likeness (QED) is 0.212. The lowest BCUT2D eigenvalue weighted by Crippen LogP contribution is -2.37. The SMILES string of the molecule is CCCCCCC/C=C\C=C\[C@@H](OC(C)=O)[C@@H](COC(C)=O)OC(C)=O. The van der Waals surface area contributed by atoms with Crippen LogP contribution in [0, 0.1) is 0 Å². The molecule has 0 aliphatic carbocycles. The smallest absolute Gasteiger partial charge is 0.303 e. The van der Waals surface area contributed by atoms with Crippen LogP contribution in [-0.4, -0.2) is 36.7 Å². The second-order valence-corrected chi connectivity index (χ2v) is 6.04. The van der Waals surface area contributed by atoms with Crippen molar-refractivity contribution < 1.29 is 28.6 Å². The van der Waals surface area contributed by atoms with Crippen LogP contribution < -0.4 is 0 Å². The lowest BCUT2D eigenvalue weighted by atomic mass is 10.1. The van der Waals surface area contributed by atoms with Gasteiger partial charge < -0.3 is 14.2 Å². The summed E-state index contributed by atoms with van der Waals surface area (Å²) in [5.74, 6) is -1.56. The molecule has 0 spiro atoms. The molecule has 0 rings (SSSR count). The summed E-state index contributed by atoms with van der Waals surface area (Å²) in [5, 5.41) is 0. The molecule has 0 aromatic carbocycles. The highest BCUT2D eigenvalue weighted by Gasteiger charge is 2.26. The second-order valence-electron chi connectivity index (χ2n) is 6.04. The third-order valence-corrected chi connectivity index (χ3v) is 3.46. The molecular formula is C20H32O6. The van der Waals surface area contributed by atoms with Gasteiger partial charge in [-0.2, -0.15) is 0 Å². The Morgan fingerprint density at radius 1 is 0.846 bits per heavy atom. The maximum atomic E-state index is 11.3. The van der Waals surface area contributed by atoms with Crippen LogP contribution in [0.1, 0.15) is 66.2 Å². The molecule has 0 saturated heterocycles. The molecule has 6 nitrogen and oxygen atoms in total. The zero-order valence-electron chi connectivity index (χ0n) is 16.4. The van der Waals surface area contributed by atoms with E-state index in [1.165, 1.54) is 46.5 Å². The van der Waals surface area contributed by atoms with Crippen molar-refractivity contribution in [2.45, 2.75) is 78.4 Å². The topological polar surface area (TPSA) is 78.9 Å². The summed E-state index contributed by atoms with van der Waals surface area (Å²) in [4.78, 5) is 33.6. The maximum Gasteiger partial charge on any atom is 0.303 e. The number of allylic oxidation sites excluding steroid dienone is 3. The minimum Gasteiger partial charge on any atom is -0.462 e. The van der Waals surface area contributed by atoms with Crippen LogP contribution >= 0.6 is 0 Å². The Labute approximate surface area is 156 Å². The molecule has 0 bridgehead atoms. The highest BCUT2D eigenvalue weighted by molar-refractivity contribution is 5.68. The molecule has 0 aliphatic heterocycles. The largest absolute Gasteiger partial charge is 0.462 e. The second kappa shape index (κ2) is 15.2. The Hall–Kier alpha value is -2.11. The summed E-state index contributed by atoms with van der Waals surface area (Å²) in [6, 6.07) is 0. The number of ether oxygens (including phenoxy) is 3. The molecule has 0 fully saturated rings. The Morgan fingerprint density at radius 3 is 2.08 bits per heavy atom. The van der Waals surface area contributed by atoms with Crippen LogP contribution in [0.4, 0.5) is 0 Å². The normalized spacial score (nSPS) is 13.5. The van der Waals surface area contributed by atoms with E-state index in [2.05, 4.69) is 6.92 Å². The first-order chi connectivity index (χ1) is 12.4. The van der Waals surface area contributed by atoms with Gasteiger partial charge in [0.05, 0.1) is 0 Å². The minimum atomic E-state index is -0.890. The molecule has 0 unspecified atom stereocenters. The number of esters is 3. The molecule has 0 N–H and O–H groups in total. The van der Waals surface area contributed by atoms with E-state index >= 15 is 0 Å². The Morgan fingerprint density at radius 2 is 1.50 bits per heavy atom. The van der Waals surface area contributed by atoms with Crippen molar-refractivity contribution in [1.29, 1.82) is 0 Å². The van der Waals surface area contributed by atoms with Crippen LogP contribution in [0.2, 0.25) is 0 Å². The van der Waals surface area contributed by atoms with Crippen molar-refractivity contribution in [1.82, 2.24) is 0 Å². The molecule has 0 saturated carbocycles. The summed E-state index contributed by atoms with van der Waals surface area (Å²) >= 11 is 0. The fourth-order valence-corrected chi connectivity index (χ4v) is 2.25. The molecule has 0 radical (unpaired) electrons. The fraction of sp³-hybridized carbons (Fsp3) is 0.650. The van der Waals surface area contributed by atoms with Gasteiger partial charge in [0.15, 0.2) is 12.2 Å². The lowest BCUT2D eigenvalue weighted by Gasteiger charge is -2.23. The number of hydrogen-bond acceptors (Lipinski definition) is 6. The van der Waals surface area contributed by atoms with Gasteiger partial charge in [-0.25, -0.2) is 0 Å². The lowest BCUT2D eigenvalue weighted by molar-refractivity contribution is -0.169. The van der Waals surface area contributed by atoms with Gasteiger partial charge in [-0.3, -0.25) is 14.4 Å². The minimum absolute atomic E-state index is 0.182. The first-order valence-electron chi connectivity index (χ1n) is 9.18. The van der Waals surface area contributed by atoms with E-state index in [0.717, 1.165) is 12.8 Å². The Bertz CT molecular complexity index is 481. The van der Waals surface area contributed by atoms with Gasteiger partial charge in [0.2, 0.25) is 0 Å². The zero-order chi connectivity index (χ0) is 19.8. The van der Waals surface area contributed by atoms with Gasteiger partial charge in [-0.05, 0) is 18.9 Å². The average Bonchev–Trinajstić information content (AvgIpc) is 2.55. The van der Waals surface area contributed by atoms with E-state index in [4.69, 9.17) is 14.2 Å². The summed E-state index contributed by atoms with van der Waals surface area (Å²) in [7, 11) is 0. The zero-order valence-corrected chi connectivity index (χ0v) is 16.4. The molecule has 0 aromatic heterocycles. The molecule has 26 heavy (non-hydrogen) atoms. The van der Waals surface area contributed by atoms with Gasteiger partial charge in [0, 0.05) is 20.8 Å². The van der Waals surface area contributed by atoms with Gasteiger partial charge in [0.1, 0.15) is 6.61 Å². The number of carbonyl (C=O) groups excluding carboxylic acids is 3. The van der Waals surface area contributed by atoms with E-state index in [-0.39, 0.29) is 6.61 Å². The first kappa shape index (κ1) is 23.9. The molecule has 148 valence electrons. The molecule has 0 amide bonds. The highest BCUT2D eigenvalue weighted by atomic mass is 16.6. The average molecular weight is 368 g/mol. The summed E-state index contributed by atoms with van der Waals surface area (Å²) in [5.41, 5.74) is 0. The predicted molar refractivity (Wildman–Crippen MR) is 99.4 cm³/mol. The first-order valence-corrected chi connectivity index (χ1v) is 9.18. The van der Waals surface area contributed by atoms with Gasteiger partial charge >= 0.3 is 17.9 Å². The third-order valence-electron chi connectivity index (χ3n) is 3.46. The van der Waals surface area contributed by atoms with Crippen molar-refractivity contribution in [3.05, 3.63) is 24.3 Å².